The van der Waals surface area contributed by atoms with Gasteiger partial charge in [0, 0.05) is 17.2 Å². The predicted molar refractivity (Wildman–Crippen MR) is 109 cm³/mol. The van der Waals surface area contributed by atoms with Crippen LogP contribution >= 0.6 is 11.6 Å². The van der Waals surface area contributed by atoms with Gasteiger partial charge in [-0.3, -0.25) is 4.79 Å². The van der Waals surface area contributed by atoms with Gasteiger partial charge < -0.3 is 40.1 Å². The van der Waals surface area contributed by atoms with Crippen LogP contribution in [0.25, 0.3) is 6.08 Å². The van der Waals surface area contributed by atoms with Gasteiger partial charge in [-0.2, -0.15) is 0 Å². The van der Waals surface area contributed by atoms with Crippen molar-refractivity contribution in [3.63, 3.8) is 0 Å². The molecule has 0 unspecified atom stereocenters. The Kier molecular flexibility index (Phi) is 7.16. The topological polar surface area (TPSA) is 157 Å². The second-order valence-corrected chi connectivity index (χ2v) is 7.34. The summed E-state index contributed by atoms with van der Waals surface area (Å²) < 4.78 is 10.7. The molecule has 1 heterocycles. The molecule has 1 aliphatic heterocycles. The molecule has 10 heteroatoms. The smallest absolute Gasteiger partial charge is 0.229 e. The minimum atomic E-state index is -1.74. The molecule has 1 aliphatic rings. The molecule has 0 saturated carbocycles. The normalized spacial score (nSPS) is 26.2. The summed E-state index contributed by atoms with van der Waals surface area (Å²) in [5, 5.41) is 59.8. The van der Waals surface area contributed by atoms with E-state index in [-0.39, 0.29) is 11.3 Å². The van der Waals surface area contributed by atoms with E-state index in [1.165, 1.54) is 6.08 Å². The van der Waals surface area contributed by atoms with Crippen molar-refractivity contribution in [2.75, 3.05) is 6.61 Å². The number of rotatable bonds is 6. The number of carbonyl (C=O) groups excluding carboxylic acids is 1. The van der Waals surface area contributed by atoms with Crippen molar-refractivity contribution in [2.45, 2.75) is 30.7 Å². The highest BCUT2D eigenvalue weighted by atomic mass is 35.5. The van der Waals surface area contributed by atoms with Crippen molar-refractivity contribution >= 4 is 23.5 Å². The molecule has 0 amide bonds. The molecule has 2 aromatic rings. The van der Waals surface area contributed by atoms with E-state index in [1.807, 2.05) is 0 Å². The first-order valence-electron chi connectivity index (χ1n) is 9.22. The molecular weight excluding hydrogens is 432 g/mol. The van der Waals surface area contributed by atoms with Gasteiger partial charge in [-0.25, -0.2) is 0 Å². The zero-order valence-electron chi connectivity index (χ0n) is 16.0. The Morgan fingerprint density at radius 3 is 2.39 bits per heavy atom. The first-order chi connectivity index (χ1) is 14.7. The molecule has 3 rings (SSSR count). The van der Waals surface area contributed by atoms with Gasteiger partial charge in [0.05, 0.1) is 6.61 Å². The summed E-state index contributed by atoms with van der Waals surface area (Å²) in [5.74, 6) is -2.06. The SMILES string of the molecule is O=C(/C=C\c1ccc(Cl)cc1)c1c(O)cc(O)cc1O[C@@H]1O[C@H](CO)[C@H](O)[C@H](O)[C@H]1O. The van der Waals surface area contributed by atoms with E-state index in [0.29, 0.717) is 10.6 Å². The summed E-state index contributed by atoms with van der Waals surface area (Å²) >= 11 is 5.83. The molecule has 2 aromatic carbocycles. The Hall–Kier alpha value is -2.66. The van der Waals surface area contributed by atoms with Crippen molar-refractivity contribution in [2.24, 2.45) is 0 Å². The number of hydrogen-bond donors (Lipinski definition) is 6. The van der Waals surface area contributed by atoms with E-state index in [4.69, 9.17) is 21.1 Å². The third kappa shape index (κ3) is 5.16. The van der Waals surface area contributed by atoms with Gasteiger partial charge in [0.2, 0.25) is 6.29 Å². The third-order valence-corrected chi connectivity index (χ3v) is 4.95. The first-order valence-corrected chi connectivity index (χ1v) is 9.60. The third-order valence-electron chi connectivity index (χ3n) is 4.70. The highest BCUT2D eigenvalue weighted by molar-refractivity contribution is 6.30. The average Bonchev–Trinajstić information content (AvgIpc) is 2.73. The Morgan fingerprint density at radius 1 is 1.06 bits per heavy atom. The van der Waals surface area contributed by atoms with Crippen LogP contribution in [0.3, 0.4) is 0 Å². The molecule has 9 nitrogen and oxygen atoms in total. The maximum atomic E-state index is 12.7. The molecule has 0 bridgehead atoms. The van der Waals surface area contributed by atoms with Crippen LogP contribution in [0.4, 0.5) is 0 Å². The minimum absolute atomic E-state index is 0.333. The average molecular weight is 453 g/mol. The van der Waals surface area contributed by atoms with Crippen LogP contribution in [0.15, 0.2) is 42.5 Å². The zero-order chi connectivity index (χ0) is 22.7. The molecule has 0 aromatic heterocycles. The number of ketones is 1. The van der Waals surface area contributed by atoms with Crippen LogP contribution in [0, 0.1) is 0 Å². The summed E-state index contributed by atoms with van der Waals surface area (Å²) in [6.45, 7) is -0.675. The summed E-state index contributed by atoms with van der Waals surface area (Å²) in [7, 11) is 0. The molecule has 5 atom stereocenters. The number of phenolic OH excluding ortho intramolecular Hbond substituents is 2. The zero-order valence-corrected chi connectivity index (χ0v) is 16.8. The second kappa shape index (κ2) is 9.65. The lowest BCUT2D eigenvalue weighted by molar-refractivity contribution is -0.277. The lowest BCUT2D eigenvalue weighted by Crippen LogP contribution is -2.60. The van der Waals surface area contributed by atoms with E-state index in [9.17, 15) is 35.4 Å². The van der Waals surface area contributed by atoms with E-state index in [1.54, 1.807) is 24.3 Å². The fraction of sp³-hybridized carbons (Fsp3) is 0.286. The lowest BCUT2D eigenvalue weighted by atomic mass is 9.99. The number of hydrogen-bond acceptors (Lipinski definition) is 9. The number of carbonyl (C=O) groups is 1. The first kappa shape index (κ1) is 23.0. The summed E-state index contributed by atoms with van der Waals surface area (Å²) in [5.41, 5.74) is 0.326. The second-order valence-electron chi connectivity index (χ2n) is 6.90. The van der Waals surface area contributed by atoms with E-state index in [2.05, 4.69) is 0 Å². The Morgan fingerprint density at radius 2 is 1.74 bits per heavy atom. The Labute approximate surface area is 182 Å². The Balaban J connectivity index is 1.89. The maximum absolute atomic E-state index is 12.7. The maximum Gasteiger partial charge on any atom is 0.229 e. The largest absolute Gasteiger partial charge is 0.508 e. The highest BCUT2D eigenvalue weighted by Crippen LogP contribution is 2.36. The fourth-order valence-corrected chi connectivity index (χ4v) is 3.17. The molecule has 0 radical (unpaired) electrons. The van der Waals surface area contributed by atoms with Gasteiger partial charge in [-0.15, -0.1) is 0 Å². The van der Waals surface area contributed by atoms with Gasteiger partial charge in [-0.05, 0) is 23.8 Å². The van der Waals surface area contributed by atoms with E-state index >= 15 is 0 Å². The number of aliphatic hydroxyl groups is 4. The van der Waals surface area contributed by atoms with Crippen LogP contribution in [-0.2, 0) is 4.74 Å². The van der Waals surface area contributed by atoms with Gasteiger partial charge in [0.1, 0.15) is 47.2 Å². The van der Waals surface area contributed by atoms with Gasteiger partial charge in [0.15, 0.2) is 5.78 Å². The van der Waals surface area contributed by atoms with Gasteiger partial charge in [-0.1, -0.05) is 29.8 Å². The lowest BCUT2D eigenvalue weighted by Gasteiger charge is -2.39. The van der Waals surface area contributed by atoms with Crippen molar-refractivity contribution in [1.29, 1.82) is 0 Å². The summed E-state index contributed by atoms with van der Waals surface area (Å²) in [6.07, 6.45) is -5.25. The molecule has 0 aliphatic carbocycles. The van der Waals surface area contributed by atoms with Crippen molar-refractivity contribution < 1.29 is 44.9 Å². The summed E-state index contributed by atoms with van der Waals surface area (Å²) in [6, 6.07) is 8.57. The van der Waals surface area contributed by atoms with Crippen LogP contribution in [0.2, 0.25) is 5.02 Å². The summed E-state index contributed by atoms with van der Waals surface area (Å²) in [4.78, 5) is 12.7. The quantitative estimate of drug-likeness (QED) is 0.276. The molecule has 31 heavy (non-hydrogen) atoms. The van der Waals surface area contributed by atoms with E-state index in [0.717, 1.165) is 18.2 Å². The molecule has 1 saturated heterocycles. The van der Waals surface area contributed by atoms with Crippen LogP contribution in [-0.4, -0.2) is 73.7 Å². The van der Waals surface area contributed by atoms with Crippen LogP contribution in [0.1, 0.15) is 15.9 Å². The molecule has 1 fully saturated rings. The molecular formula is C21H21ClO9. The van der Waals surface area contributed by atoms with Crippen molar-refractivity contribution in [3.8, 4) is 17.2 Å². The number of allylic oxidation sites excluding steroid dienone is 1. The van der Waals surface area contributed by atoms with Crippen molar-refractivity contribution in [1.82, 2.24) is 0 Å². The Bertz CT molecular complexity index is 958. The molecule has 166 valence electrons. The van der Waals surface area contributed by atoms with E-state index < -0.39 is 54.6 Å². The van der Waals surface area contributed by atoms with Crippen molar-refractivity contribution in [3.05, 3.63) is 58.6 Å². The number of aliphatic hydroxyl groups excluding tert-OH is 4. The van der Waals surface area contributed by atoms with Crippen LogP contribution in [0.5, 0.6) is 17.2 Å². The standard InChI is InChI=1S/C21H21ClO9/c22-11-4-1-10(2-5-11)3-6-13(25)17-14(26)7-12(24)8-15(17)30-21-20(29)19(28)18(27)16(9-23)31-21/h1-8,16,18-21,23-24,26-29H,9H2/b6-3-/t16-,18+,19+,20-,21-/m1/s1. The number of halogens is 1. The number of phenols is 2. The number of benzene rings is 2. The van der Waals surface area contributed by atoms with Crippen LogP contribution < -0.4 is 4.74 Å². The molecule has 6 N–H and O–H groups in total. The fourth-order valence-electron chi connectivity index (χ4n) is 3.05. The predicted octanol–water partition coefficient (Wildman–Crippen LogP) is 0.826. The van der Waals surface area contributed by atoms with Gasteiger partial charge >= 0.3 is 0 Å². The monoisotopic (exact) mass is 452 g/mol. The highest BCUT2D eigenvalue weighted by Gasteiger charge is 2.45. The minimum Gasteiger partial charge on any atom is -0.508 e. The number of ether oxygens (including phenoxy) is 2. The van der Waals surface area contributed by atoms with Gasteiger partial charge in [0.25, 0.3) is 0 Å². The molecule has 0 spiro atoms. The number of aromatic hydroxyl groups is 2.